The van der Waals surface area contributed by atoms with E-state index in [0.29, 0.717) is 0 Å². The molecule has 182 valence electrons. The van der Waals surface area contributed by atoms with Gasteiger partial charge in [-0.25, -0.2) is 0 Å². The highest BCUT2D eigenvalue weighted by atomic mass is 15.1. The normalized spacial score (nSPS) is 14.5. The number of aromatic amines is 2. The van der Waals surface area contributed by atoms with Gasteiger partial charge in [-0.1, -0.05) is 6.42 Å². The van der Waals surface area contributed by atoms with Gasteiger partial charge in [0.2, 0.25) is 0 Å². The molecule has 0 radical (unpaired) electrons. The zero-order valence-electron chi connectivity index (χ0n) is 20.4. The molecule has 0 saturated carbocycles. The summed E-state index contributed by atoms with van der Waals surface area (Å²) in [6, 6.07) is 12.4. The maximum atomic E-state index is 4.72. The minimum absolute atomic E-state index is 0.855. The summed E-state index contributed by atoms with van der Waals surface area (Å²) in [5, 5.41) is 9.84. The van der Waals surface area contributed by atoms with E-state index in [0.717, 1.165) is 75.3 Å². The summed E-state index contributed by atoms with van der Waals surface area (Å²) >= 11 is 0. The molecule has 8 nitrogen and oxygen atoms in total. The lowest BCUT2D eigenvalue weighted by Crippen LogP contribution is -2.29. The zero-order valence-corrected chi connectivity index (χ0v) is 20.4. The van der Waals surface area contributed by atoms with Gasteiger partial charge in [0.15, 0.2) is 0 Å². The van der Waals surface area contributed by atoms with Gasteiger partial charge in [-0.15, -0.1) is 0 Å². The van der Waals surface area contributed by atoms with Crippen LogP contribution >= 0.6 is 0 Å². The highest BCUT2D eigenvalue weighted by Gasteiger charge is 2.16. The number of nitrogens with zero attached hydrogens (tertiary/aromatic N) is 6. The molecule has 6 aromatic heterocycles. The molecule has 1 saturated heterocycles. The average molecular weight is 487 g/mol. The van der Waals surface area contributed by atoms with Gasteiger partial charge in [0.25, 0.3) is 0 Å². The molecule has 7 rings (SSSR count). The Bertz CT molecular complexity index is 1700. The van der Waals surface area contributed by atoms with Gasteiger partial charge in [0, 0.05) is 64.9 Å². The Hall–Kier alpha value is -4.43. The van der Waals surface area contributed by atoms with E-state index < -0.39 is 0 Å². The van der Waals surface area contributed by atoms with E-state index in [1.807, 2.05) is 43.0 Å². The number of likely N-dealkylation sites (tertiary alicyclic amines) is 1. The molecule has 8 heteroatoms. The van der Waals surface area contributed by atoms with Crippen molar-refractivity contribution >= 4 is 21.8 Å². The van der Waals surface area contributed by atoms with Crippen molar-refractivity contribution in [3.63, 3.8) is 0 Å². The van der Waals surface area contributed by atoms with Crippen molar-refractivity contribution < 1.29 is 0 Å². The number of hydrogen-bond acceptors (Lipinski definition) is 6. The number of rotatable bonds is 5. The van der Waals surface area contributed by atoms with Crippen LogP contribution in [0.5, 0.6) is 0 Å². The second-order valence-electron chi connectivity index (χ2n) is 9.65. The van der Waals surface area contributed by atoms with Crippen molar-refractivity contribution in [3.05, 3.63) is 79.1 Å². The summed E-state index contributed by atoms with van der Waals surface area (Å²) in [5.41, 5.74) is 8.76. The summed E-state index contributed by atoms with van der Waals surface area (Å²) in [5.74, 6) is 0. The van der Waals surface area contributed by atoms with Gasteiger partial charge in [0.1, 0.15) is 5.69 Å². The molecule has 0 aromatic carbocycles. The first-order valence-corrected chi connectivity index (χ1v) is 12.7. The molecule has 1 aliphatic rings. The molecular formula is C29H26N8. The number of fused-ring (bicyclic) bond motifs is 2. The summed E-state index contributed by atoms with van der Waals surface area (Å²) < 4.78 is 0. The Labute approximate surface area is 213 Å². The Morgan fingerprint density at radius 2 is 1.59 bits per heavy atom. The summed E-state index contributed by atoms with van der Waals surface area (Å²) in [4.78, 5) is 24.1. The maximum absolute atomic E-state index is 4.72. The molecule has 0 bridgehead atoms. The van der Waals surface area contributed by atoms with Crippen LogP contribution in [-0.2, 0) is 6.54 Å². The van der Waals surface area contributed by atoms with Crippen molar-refractivity contribution in [2.45, 2.75) is 25.8 Å². The maximum Gasteiger partial charge on any atom is 0.116 e. The number of H-pyrrole nitrogens is 2. The Morgan fingerprint density at radius 1 is 0.730 bits per heavy atom. The van der Waals surface area contributed by atoms with Crippen LogP contribution in [0, 0.1) is 0 Å². The number of aromatic nitrogens is 7. The highest BCUT2D eigenvalue weighted by Crippen LogP contribution is 2.33. The molecule has 2 N–H and O–H groups in total. The smallest absolute Gasteiger partial charge is 0.116 e. The Balaban J connectivity index is 1.26. The van der Waals surface area contributed by atoms with Crippen molar-refractivity contribution in [2.75, 3.05) is 13.1 Å². The van der Waals surface area contributed by atoms with E-state index in [1.165, 1.54) is 24.8 Å². The van der Waals surface area contributed by atoms with E-state index in [-0.39, 0.29) is 0 Å². The second kappa shape index (κ2) is 9.22. The minimum atomic E-state index is 0.855. The molecule has 1 fully saturated rings. The van der Waals surface area contributed by atoms with E-state index >= 15 is 0 Å². The monoisotopic (exact) mass is 486 g/mol. The lowest BCUT2D eigenvalue weighted by atomic mass is 10.1. The van der Waals surface area contributed by atoms with E-state index in [2.05, 4.69) is 53.2 Å². The third-order valence-electron chi connectivity index (χ3n) is 7.15. The lowest BCUT2D eigenvalue weighted by molar-refractivity contribution is 0.220. The van der Waals surface area contributed by atoms with Gasteiger partial charge in [-0.3, -0.25) is 29.9 Å². The first-order chi connectivity index (χ1) is 18.3. The number of hydrogen-bond donors (Lipinski definition) is 2. The van der Waals surface area contributed by atoms with E-state index in [4.69, 9.17) is 4.98 Å². The second-order valence-corrected chi connectivity index (χ2v) is 9.65. The van der Waals surface area contributed by atoms with Gasteiger partial charge in [0.05, 0.1) is 28.8 Å². The van der Waals surface area contributed by atoms with Gasteiger partial charge >= 0.3 is 0 Å². The number of pyridine rings is 4. The first-order valence-electron chi connectivity index (χ1n) is 12.7. The largest absolute Gasteiger partial charge is 0.353 e. The summed E-state index contributed by atoms with van der Waals surface area (Å²) in [7, 11) is 0. The fraction of sp³-hybridized carbons (Fsp3) is 0.207. The molecule has 1 aliphatic heterocycles. The van der Waals surface area contributed by atoms with Crippen LogP contribution < -0.4 is 0 Å². The molecule has 0 unspecified atom stereocenters. The Kier molecular flexibility index (Phi) is 5.44. The quantitative estimate of drug-likeness (QED) is 0.329. The van der Waals surface area contributed by atoms with Crippen LogP contribution in [0.2, 0.25) is 0 Å². The van der Waals surface area contributed by atoms with E-state index in [9.17, 15) is 0 Å². The Morgan fingerprint density at radius 3 is 2.49 bits per heavy atom. The summed E-state index contributed by atoms with van der Waals surface area (Å²) in [6.45, 7) is 3.26. The fourth-order valence-electron chi connectivity index (χ4n) is 5.29. The highest BCUT2D eigenvalue weighted by molar-refractivity contribution is 6.00. The van der Waals surface area contributed by atoms with E-state index in [1.54, 1.807) is 12.4 Å². The predicted octanol–water partition coefficient (Wildman–Crippen LogP) is 5.61. The molecule has 0 aliphatic carbocycles. The lowest BCUT2D eigenvalue weighted by Gasteiger charge is -2.26. The summed E-state index contributed by atoms with van der Waals surface area (Å²) in [6.07, 6.45) is 15.0. The third-order valence-corrected chi connectivity index (χ3v) is 7.15. The topological polar surface area (TPSA) is 99.3 Å². The SMILES string of the molecule is c1cc(-c2nccc3[nH]c(-c4n[nH]c5cnc(-c6cncc(CN7CCCCC7)c6)cc45)cc23)ccn1. The van der Waals surface area contributed by atoms with Crippen molar-refractivity contribution in [1.82, 2.24) is 40.0 Å². The van der Waals surface area contributed by atoms with Gasteiger partial charge in [-0.2, -0.15) is 5.10 Å². The molecule has 0 spiro atoms. The van der Waals surface area contributed by atoms with Crippen LogP contribution in [0.1, 0.15) is 24.8 Å². The zero-order chi connectivity index (χ0) is 24.6. The molecule has 0 atom stereocenters. The molecular weight excluding hydrogens is 460 g/mol. The predicted molar refractivity (Wildman–Crippen MR) is 145 cm³/mol. The van der Waals surface area contributed by atoms with Crippen LogP contribution in [0.15, 0.2) is 73.6 Å². The third kappa shape index (κ3) is 4.15. The van der Waals surface area contributed by atoms with Crippen LogP contribution in [0.4, 0.5) is 0 Å². The number of nitrogens with one attached hydrogen (secondary N) is 2. The van der Waals surface area contributed by atoms with Crippen LogP contribution in [0.25, 0.3) is 55.7 Å². The van der Waals surface area contributed by atoms with Gasteiger partial charge in [-0.05, 0) is 67.9 Å². The molecule has 0 amide bonds. The molecule has 37 heavy (non-hydrogen) atoms. The van der Waals surface area contributed by atoms with Gasteiger partial charge < -0.3 is 4.98 Å². The fourth-order valence-corrected chi connectivity index (χ4v) is 5.29. The van der Waals surface area contributed by atoms with Crippen molar-refractivity contribution in [3.8, 4) is 33.9 Å². The standard InChI is InChI=1S/C29H26N8/c1-2-10-37(11-3-1)18-19-12-21(16-31-15-19)25-13-23-27(17-33-25)35-36-29(23)26-14-22-24(34-26)6-9-32-28(22)20-4-7-30-8-5-20/h4-9,12-17,34H,1-3,10-11,18H2,(H,35,36). The average Bonchev–Trinajstić information content (AvgIpc) is 3.58. The van der Waals surface area contributed by atoms with Crippen molar-refractivity contribution in [1.29, 1.82) is 0 Å². The van der Waals surface area contributed by atoms with Crippen molar-refractivity contribution in [2.24, 2.45) is 0 Å². The van der Waals surface area contributed by atoms with Crippen LogP contribution in [0.3, 0.4) is 0 Å². The number of piperidine rings is 1. The first kappa shape index (κ1) is 21.8. The van der Waals surface area contributed by atoms with Crippen LogP contribution in [-0.4, -0.2) is 53.1 Å². The molecule has 7 heterocycles. The molecule has 6 aromatic rings. The minimum Gasteiger partial charge on any atom is -0.353 e.